The van der Waals surface area contributed by atoms with Crippen molar-refractivity contribution in [3.05, 3.63) is 256 Å². The lowest BCUT2D eigenvalue weighted by molar-refractivity contribution is -0.122. The van der Waals surface area contributed by atoms with Crippen LogP contribution < -0.4 is 45.6 Å². The van der Waals surface area contributed by atoms with Crippen molar-refractivity contribution in [3.8, 4) is 68.0 Å². The van der Waals surface area contributed by atoms with Gasteiger partial charge in [0.1, 0.15) is 13.2 Å². The number of nitrogens with one attached hydrogen (secondary N) is 4. The van der Waals surface area contributed by atoms with Crippen molar-refractivity contribution in [2.45, 2.75) is 89.4 Å². The van der Waals surface area contributed by atoms with Crippen LogP contribution in [-0.2, 0) is 63.8 Å². The summed E-state index contributed by atoms with van der Waals surface area (Å²) in [5.74, 6) is 4.75. The normalized spacial score (nSPS) is 14.0. The summed E-state index contributed by atoms with van der Waals surface area (Å²) in [5, 5.41) is 27.1. The highest BCUT2D eigenvalue weighted by atomic mass is 32.1. The molecule has 16 rings (SSSR count). The molecular formula is C88H85N13O12S4. The predicted octanol–water partition coefficient (Wildman–Crippen LogP) is 18.8. The molecule has 0 amide bonds. The van der Waals surface area contributed by atoms with E-state index in [-0.39, 0.29) is 11.8 Å². The molecule has 7 heterocycles. The SMILES string of the molecule is O=CO/C(Cc1ccccc1)=N/Nc1nc(-c2ccc(C3CCCCC3)cc2)cs1.O=CO/C(Cc1ccccc1)=N/Nc1nc(-c2ccc(N3CCCCC3)cc2)cs1.O=CO/C(Cc1ccccc1)=N/Nc1nc(-c2ccc3c(c2)OCCCO3)cs1.O=CO/C(Cc1ccccc1)=N/Nc1nc(-c2ccc3c(c2)OCCO3)cs1. The van der Waals surface area contributed by atoms with Gasteiger partial charge in [-0.2, -0.15) is 0 Å². The van der Waals surface area contributed by atoms with Gasteiger partial charge in [-0.1, -0.05) is 177 Å². The van der Waals surface area contributed by atoms with E-state index >= 15 is 0 Å². The zero-order valence-electron chi connectivity index (χ0n) is 63.8. The van der Waals surface area contributed by atoms with Crippen molar-refractivity contribution in [2.24, 2.45) is 20.4 Å². The van der Waals surface area contributed by atoms with Gasteiger partial charge in [-0.25, -0.2) is 41.6 Å². The van der Waals surface area contributed by atoms with E-state index in [4.69, 9.17) is 37.9 Å². The van der Waals surface area contributed by atoms with Gasteiger partial charge in [-0.3, -0.25) is 19.2 Å². The molecule has 1 saturated heterocycles. The second-order valence-corrected chi connectivity index (χ2v) is 30.2. The number of aromatic nitrogens is 4. The minimum absolute atomic E-state index is 0.261. The third kappa shape index (κ3) is 25.3. The minimum atomic E-state index is 0.261. The first kappa shape index (κ1) is 82.0. The first-order chi connectivity index (χ1) is 57.8. The first-order valence-electron chi connectivity index (χ1n) is 38.2. The van der Waals surface area contributed by atoms with Crippen molar-refractivity contribution in [1.29, 1.82) is 0 Å². The lowest BCUT2D eigenvalue weighted by Crippen LogP contribution is -2.29. The van der Waals surface area contributed by atoms with Crippen molar-refractivity contribution in [3.63, 3.8) is 0 Å². The molecule has 2 fully saturated rings. The summed E-state index contributed by atoms with van der Waals surface area (Å²) in [4.78, 5) is 63.9. The van der Waals surface area contributed by atoms with Gasteiger partial charge in [0.15, 0.2) is 23.0 Å². The highest BCUT2D eigenvalue weighted by Gasteiger charge is 2.20. The molecule has 4 aliphatic rings. The molecular weight excluding hydrogens is 1560 g/mol. The molecule has 598 valence electrons. The Hall–Kier alpha value is -13.0. The van der Waals surface area contributed by atoms with E-state index in [1.165, 1.54) is 108 Å². The number of piperidine rings is 1. The highest BCUT2D eigenvalue weighted by Crippen LogP contribution is 2.39. The average molecular weight is 1640 g/mol. The summed E-state index contributed by atoms with van der Waals surface area (Å²) in [6.45, 7) is 6.18. The molecule has 4 N–H and O–H groups in total. The number of benzene rings is 8. The fraction of sp³-hybridized carbons (Fsp3) is 0.227. The van der Waals surface area contributed by atoms with Crippen LogP contribution in [0.4, 0.5) is 26.2 Å². The molecule has 0 bridgehead atoms. The summed E-state index contributed by atoms with van der Waals surface area (Å²) in [7, 11) is 0. The van der Waals surface area contributed by atoms with Crippen LogP contribution in [0.5, 0.6) is 23.0 Å². The molecule has 0 atom stereocenters. The summed E-state index contributed by atoms with van der Waals surface area (Å²) in [5.41, 5.74) is 25.7. The fourth-order valence-electron chi connectivity index (χ4n) is 12.9. The molecule has 12 aromatic rings. The largest absolute Gasteiger partial charge is 0.490 e. The van der Waals surface area contributed by atoms with E-state index in [9.17, 15) is 19.2 Å². The third-order valence-electron chi connectivity index (χ3n) is 18.7. The standard InChI is InChI=1S/C24H25N3O2S.C23H24N4O2S.C21H19N3O4S.C20H17N3O4S/c28-17-29-23(15-18-7-3-1-4-8-18)26-27-24-25-22(16-30-24)21-13-11-20(12-14-21)19-9-5-2-6-10-19;28-17-29-22(15-18-7-3-1-4-8-18)25-26-23-24-21(16-30-23)19-9-11-20(12-10-19)27-13-5-2-6-14-27;25-14-28-20(11-15-5-2-1-3-6-15)23-24-21-22-17(13-29-21)16-7-8-18-19(12-16)27-10-4-9-26-18;24-13-27-19(10-14-4-2-1-3-5-14)22-23-20-21-16(12-28-20)15-6-7-17-18(11-15)26-9-8-25-17/h1,3-4,7-8,11-14,16-17,19H,2,5-6,9-10,15H2,(H,25,27);1,3-4,7-12,16-17H,2,5-6,13-15H2,(H,24,26);1-3,5-8,12-14H,4,9-11H2,(H,22,24);1-7,11-13H,8-10H2,(H,21,23)/b26-23+;25-22+;23-20+;22-19+. The van der Waals surface area contributed by atoms with E-state index in [0.717, 1.165) is 104 Å². The van der Waals surface area contributed by atoms with E-state index in [2.05, 4.69) is 115 Å². The van der Waals surface area contributed by atoms with Crippen LogP contribution in [0.3, 0.4) is 0 Å². The third-order valence-corrected chi connectivity index (χ3v) is 21.7. The minimum Gasteiger partial charge on any atom is -0.490 e. The van der Waals surface area contributed by atoms with Gasteiger partial charge in [-0.15, -0.1) is 65.8 Å². The molecule has 0 spiro atoms. The van der Waals surface area contributed by atoms with Crippen molar-refractivity contribution in [1.82, 2.24) is 19.9 Å². The van der Waals surface area contributed by atoms with Crippen LogP contribution >= 0.6 is 45.3 Å². The van der Waals surface area contributed by atoms with Crippen LogP contribution in [0.25, 0.3) is 45.0 Å². The number of hydrazone groups is 4. The molecule has 3 aliphatic heterocycles. The number of anilines is 5. The van der Waals surface area contributed by atoms with Gasteiger partial charge in [0.05, 0.1) is 61.7 Å². The van der Waals surface area contributed by atoms with Gasteiger partial charge >= 0.3 is 0 Å². The van der Waals surface area contributed by atoms with Crippen LogP contribution in [0.1, 0.15) is 91.5 Å². The first-order valence-corrected chi connectivity index (χ1v) is 41.7. The Morgan fingerprint density at radius 2 is 0.675 bits per heavy atom. The topological polar surface area (TPSA) is 294 Å². The van der Waals surface area contributed by atoms with Crippen molar-refractivity contribution in [2.75, 3.05) is 66.1 Å². The Kier molecular flexibility index (Phi) is 30.9. The number of ether oxygens (including phenoxy) is 8. The monoisotopic (exact) mass is 1640 g/mol. The lowest BCUT2D eigenvalue weighted by Gasteiger charge is -2.28. The Labute approximate surface area is 693 Å². The maximum absolute atomic E-state index is 10.8. The Morgan fingerprint density at radius 3 is 1.04 bits per heavy atom. The van der Waals surface area contributed by atoms with Crippen LogP contribution in [0.15, 0.2) is 248 Å². The molecule has 4 aromatic heterocycles. The molecule has 1 saturated carbocycles. The number of carbonyl (C=O) groups is 4. The van der Waals surface area contributed by atoms with Gasteiger partial charge in [0.25, 0.3) is 25.9 Å². The number of nitrogens with zero attached hydrogens (tertiary/aromatic N) is 9. The van der Waals surface area contributed by atoms with E-state index in [0.29, 0.717) is 122 Å². The smallest absolute Gasteiger partial charge is 0.299 e. The number of carbonyl (C=O) groups excluding carboxylic acids is 4. The second kappa shape index (κ2) is 44.1. The van der Waals surface area contributed by atoms with Crippen molar-refractivity contribution < 1.29 is 57.1 Å². The Bertz CT molecular complexity index is 5090. The summed E-state index contributed by atoms with van der Waals surface area (Å²) >= 11 is 5.74. The maximum Gasteiger partial charge on any atom is 0.299 e. The van der Waals surface area contributed by atoms with Crippen LogP contribution in [0.2, 0.25) is 0 Å². The van der Waals surface area contributed by atoms with Gasteiger partial charge < -0.3 is 42.8 Å². The second-order valence-electron chi connectivity index (χ2n) is 26.7. The predicted molar refractivity (Wildman–Crippen MR) is 462 cm³/mol. The Balaban J connectivity index is 0.000000136. The van der Waals surface area contributed by atoms with Gasteiger partial charge in [-0.05, 0) is 114 Å². The molecule has 8 aromatic carbocycles. The molecule has 25 nitrogen and oxygen atoms in total. The maximum atomic E-state index is 10.8. The zero-order valence-corrected chi connectivity index (χ0v) is 67.1. The molecule has 0 unspecified atom stereocenters. The molecule has 29 heteroatoms. The van der Waals surface area contributed by atoms with E-state index in [1.54, 1.807) is 0 Å². The molecule has 117 heavy (non-hydrogen) atoms. The zero-order chi connectivity index (χ0) is 80.3. The quantitative estimate of drug-likeness (QED) is 0.0129. The average Bonchev–Trinajstić information content (AvgIpc) is 1.77. The number of hydrogen-bond donors (Lipinski definition) is 4. The summed E-state index contributed by atoms with van der Waals surface area (Å²) in [6, 6.07) is 67.6. The van der Waals surface area contributed by atoms with E-state index in [1.807, 2.05) is 179 Å². The van der Waals surface area contributed by atoms with E-state index < -0.39 is 0 Å². The number of fused-ring (bicyclic) bond motifs is 2. The summed E-state index contributed by atoms with van der Waals surface area (Å²) in [6.07, 6.45) is 13.0. The number of thiazole rings is 4. The van der Waals surface area contributed by atoms with Crippen LogP contribution in [-0.4, -0.2) is 109 Å². The van der Waals surface area contributed by atoms with Gasteiger partial charge in [0, 0.05) is 69.0 Å². The van der Waals surface area contributed by atoms with Crippen molar-refractivity contribution >= 4 is 121 Å². The highest BCUT2D eigenvalue weighted by molar-refractivity contribution is 7.15. The molecule has 1 aliphatic carbocycles. The summed E-state index contributed by atoms with van der Waals surface area (Å²) < 4.78 is 42.6. The van der Waals surface area contributed by atoms with Gasteiger partial charge in [0.2, 0.25) is 44.1 Å². The lowest BCUT2D eigenvalue weighted by atomic mass is 9.84. The fourth-order valence-corrected chi connectivity index (χ4v) is 15.5. The molecule has 0 radical (unpaired) electrons. The number of rotatable bonds is 26. The van der Waals surface area contributed by atoms with Crippen LogP contribution in [0, 0.1) is 0 Å². The number of hydrogen-bond acceptors (Lipinski definition) is 29. The Morgan fingerprint density at radius 1 is 0.359 bits per heavy atom.